The molecule has 2 rings (SSSR count). The van der Waals surface area contributed by atoms with Gasteiger partial charge in [0.05, 0.1) is 0 Å². The molecule has 0 aliphatic carbocycles. The molecule has 2 aromatic rings. The molecule has 1 amide bonds. The van der Waals surface area contributed by atoms with E-state index in [0.29, 0.717) is 5.56 Å². The zero-order chi connectivity index (χ0) is 15.8. The Balaban J connectivity index is 2.14. The monoisotopic (exact) mass is 296 g/mol. The van der Waals surface area contributed by atoms with Gasteiger partial charge in [0.25, 0.3) is 5.91 Å². The third kappa shape index (κ3) is 4.35. The molecule has 1 N–H and O–H groups in total. The molecule has 116 valence electrons. The van der Waals surface area contributed by atoms with Crippen LogP contribution in [0.2, 0.25) is 0 Å². The van der Waals surface area contributed by atoms with Crippen LogP contribution in [0.15, 0.2) is 54.6 Å². The van der Waals surface area contributed by atoms with Crippen LogP contribution in [0.25, 0.3) is 0 Å². The average molecular weight is 296 g/mol. The summed E-state index contributed by atoms with van der Waals surface area (Å²) in [6.07, 6.45) is 2.20. The number of rotatable bonds is 7. The van der Waals surface area contributed by atoms with Crippen molar-refractivity contribution in [1.29, 1.82) is 0 Å². The second kappa shape index (κ2) is 8.23. The minimum absolute atomic E-state index is 0.0685. The molecular weight excluding hydrogens is 272 g/mol. The molecule has 0 atom stereocenters. The van der Waals surface area contributed by atoms with Crippen molar-refractivity contribution in [3.05, 3.63) is 60.2 Å². The van der Waals surface area contributed by atoms with Gasteiger partial charge in [0.15, 0.2) is 0 Å². The SMILES string of the molecule is CCCN(CCC)c1cccc(C(=O)Nc2ccccc2)c1. The molecule has 0 aromatic heterocycles. The van der Waals surface area contributed by atoms with Crippen LogP contribution in [0.4, 0.5) is 11.4 Å². The summed E-state index contributed by atoms with van der Waals surface area (Å²) in [4.78, 5) is 14.7. The van der Waals surface area contributed by atoms with Crippen molar-refractivity contribution in [2.24, 2.45) is 0 Å². The van der Waals surface area contributed by atoms with Gasteiger partial charge in [-0.3, -0.25) is 4.79 Å². The maximum absolute atomic E-state index is 12.4. The van der Waals surface area contributed by atoms with Crippen LogP contribution < -0.4 is 10.2 Å². The van der Waals surface area contributed by atoms with E-state index in [2.05, 4.69) is 30.1 Å². The van der Waals surface area contributed by atoms with Crippen molar-refractivity contribution in [3.63, 3.8) is 0 Å². The smallest absolute Gasteiger partial charge is 0.255 e. The quantitative estimate of drug-likeness (QED) is 0.812. The van der Waals surface area contributed by atoms with E-state index in [9.17, 15) is 4.79 Å². The summed E-state index contributed by atoms with van der Waals surface area (Å²) >= 11 is 0. The molecule has 0 bridgehead atoms. The van der Waals surface area contributed by atoms with Crippen LogP contribution in [-0.4, -0.2) is 19.0 Å². The molecule has 0 heterocycles. The molecule has 3 nitrogen and oxygen atoms in total. The number of nitrogens with one attached hydrogen (secondary N) is 1. The fourth-order valence-corrected chi connectivity index (χ4v) is 2.48. The molecule has 0 fully saturated rings. The fourth-order valence-electron chi connectivity index (χ4n) is 2.48. The second-order valence-corrected chi connectivity index (χ2v) is 5.36. The van der Waals surface area contributed by atoms with Crippen LogP contribution >= 0.6 is 0 Å². The van der Waals surface area contributed by atoms with Gasteiger partial charge in [0, 0.05) is 30.0 Å². The number of benzene rings is 2. The molecule has 2 aromatic carbocycles. The van der Waals surface area contributed by atoms with Gasteiger partial charge in [-0.25, -0.2) is 0 Å². The first-order chi connectivity index (χ1) is 10.7. The van der Waals surface area contributed by atoms with Gasteiger partial charge in [0.1, 0.15) is 0 Å². The summed E-state index contributed by atoms with van der Waals surface area (Å²) in [6.45, 7) is 6.37. The van der Waals surface area contributed by atoms with Gasteiger partial charge >= 0.3 is 0 Å². The topological polar surface area (TPSA) is 32.3 Å². The predicted octanol–water partition coefficient (Wildman–Crippen LogP) is 4.57. The van der Waals surface area contributed by atoms with E-state index in [1.54, 1.807) is 0 Å². The summed E-state index contributed by atoms with van der Waals surface area (Å²) in [5.74, 6) is -0.0685. The lowest BCUT2D eigenvalue weighted by molar-refractivity contribution is 0.102. The summed E-state index contributed by atoms with van der Waals surface area (Å²) in [7, 11) is 0. The number of anilines is 2. The fraction of sp³-hybridized carbons (Fsp3) is 0.316. The van der Waals surface area contributed by atoms with Crippen LogP contribution in [-0.2, 0) is 0 Å². The van der Waals surface area contributed by atoms with E-state index >= 15 is 0 Å². The maximum atomic E-state index is 12.4. The Morgan fingerprint density at radius 3 is 2.27 bits per heavy atom. The van der Waals surface area contributed by atoms with Gasteiger partial charge in [-0.05, 0) is 43.2 Å². The molecule has 0 saturated carbocycles. The van der Waals surface area contributed by atoms with Crippen molar-refractivity contribution in [3.8, 4) is 0 Å². The number of carbonyl (C=O) groups excluding carboxylic acids is 1. The molecule has 22 heavy (non-hydrogen) atoms. The molecule has 3 heteroatoms. The Morgan fingerprint density at radius 2 is 1.64 bits per heavy atom. The number of para-hydroxylation sites is 1. The van der Waals surface area contributed by atoms with Crippen LogP contribution in [0, 0.1) is 0 Å². The highest BCUT2D eigenvalue weighted by atomic mass is 16.1. The number of amides is 1. The van der Waals surface area contributed by atoms with Crippen molar-refractivity contribution < 1.29 is 4.79 Å². The van der Waals surface area contributed by atoms with Crippen molar-refractivity contribution in [2.75, 3.05) is 23.3 Å². The second-order valence-electron chi connectivity index (χ2n) is 5.36. The van der Waals surface area contributed by atoms with Gasteiger partial charge in [-0.2, -0.15) is 0 Å². The molecular formula is C19H24N2O. The van der Waals surface area contributed by atoms with Gasteiger partial charge < -0.3 is 10.2 Å². The van der Waals surface area contributed by atoms with Crippen molar-refractivity contribution in [2.45, 2.75) is 26.7 Å². The van der Waals surface area contributed by atoms with E-state index in [0.717, 1.165) is 37.3 Å². The Hall–Kier alpha value is -2.29. The lowest BCUT2D eigenvalue weighted by Crippen LogP contribution is -2.25. The third-order valence-electron chi connectivity index (χ3n) is 3.49. The van der Waals surface area contributed by atoms with Crippen LogP contribution in [0.3, 0.4) is 0 Å². The standard InChI is InChI=1S/C19H24N2O/c1-3-13-21(14-4-2)18-12-8-9-16(15-18)19(22)20-17-10-6-5-7-11-17/h5-12,15H,3-4,13-14H2,1-2H3,(H,20,22). The number of carbonyl (C=O) groups is 1. The Kier molecular flexibility index (Phi) is 6.01. The van der Waals surface area contributed by atoms with E-state index in [1.807, 2.05) is 48.5 Å². The zero-order valence-corrected chi connectivity index (χ0v) is 13.4. The van der Waals surface area contributed by atoms with E-state index in [-0.39, 0.29) is 5.91 Å². The summed E-state index contributed by atoms with van der Waals surface area (Å²) in [6, 6.07) is 17.4. The number of hydrogen-bond acceptors (Lipinski definition) is 2. The minimum Gasteiger partial charge on any atom is -0.372 e. The van der Waals surface area contributed by atoms with Gasteiger partial charge in [-0.15, -0.1) is 0 Å². The van der Waals surface area contributed by atoms with E-state index in [4.69, 9.17) is 0 Å². The highest BCUT2D eigenvalue weighted by Gasteiger charge is 2.10. The first-order valence-corrected chi connectivity index (χ1v) is 7.96. The predicted molar refractivity (Wildman–Crippen MR) is 93.6 cm³/mol. The lowest BCUT2D eigenvalue weighted by Gasteiger charge is -2.24. The minimum atomic E-state index is -0.0685. The first-order valence-electron chi connectivity index (χ1n) is 7.96. The summed E-state index contributed by atoms with van der Waals surface area (Å²) in [5.41, 5.74) is 2.62. The molecule has 0 aliphatic heterocycles. The van der Waals surface area contributed by atoms with Crippen molar-refractivity contribution in [1.82, 2.24) is 0 Å². The Labute approximate surface area is 133 Å². The molecule has 0 saturated heterocycles. The van der Waals surface area contributed by atoms with Gasteiger partial charge in [0.2, 0.25) is 0 Å². The average Bonchev–Trinajstić information content (AvgIpc) is 2.56. The summed E-state index contributed by atoms with van der Waals surface area (Å²) in [5, 5.41) is 2.93. The number of hydrogen-bond donors (Lipinski definition) is 1. The van der Waals surface area contributed by atoms with Gasteiger partial charge in [-0.1, -0.05) is 38.1 Å². The Morgan fingerprint density at radius 1 is 0.955 bits per heavy atom. The third-order valence-corrected chi connectivity index (χ3v) is 3.49. The molecule has 0 unspecified atom stereocenters. The highest BCUT2D eigenvalue weighted by molar-refractivity contribution is 6.04. The van der Waals surface area contributed by atoms with Crippen molar-refractivity contribution >= 4 is 17.3 Å². The lowest BCUT2D eigenvalue weighted by atomic mass is 10.1. The Bertz CT molecular complexity index is 589. The van der Waals surface area contributed by atoms with Crippen LogP contribution in [0.5, 0.6) is 0 Å². The number of nitrogens with zero attached hydrogens (tertiary/aromatic N) is 1. The maximum Gasteiger partial charge on any atom is 0.255 e. The molecule has 0 aliphatic rings. The normalized spacial score (nSPS) is 10.3. The van der Waals surface area contributed by atoms with Crippen LogP contribution in [0.1, 0.15) is 37.0 Å². The first kappa shape index (κ1) is 16.1. The molecule has 0 spiro atoms. The highest BCUT2D eigenvalue weighted by Crippen LogP contribution is 2.18. The summed E-state index contributed by atoms with van der Waals surface area (Å²) < 4.78 is 0. The van der Waals surface area contributed by atoms with E-state index in [1.165, 1.54) is 0 Å². The zero-order valence-electron chi connectivity index (χ0n) is 13.4. The molecule has 0 radical (unpaired) electrons. The largest absolute Gasteiger partial charge is 0.372 e. The van der Waals surface area contributed by atoms with E-state index < -0.39 is 0 Å².